The normalized spacial score (nSPS) is 23.2. The molecule has 2 heterocycles. The molecule has 1 saturated heterocycles. The molecular formula is C15H17NO4. The van der Waals surface area contributed by atoms with Crippen LogP contribution in [0.15, 0.2) is 34.7 Å². The van der Waals surface area contributed by atoms with Gasteiger partial charge in [0.05, 0.1) is 25.4 Å². The molecule has 0 bridgehead atoms. The maximum absolute atomic E-state index is 12.5. The van der Waals surface area contributed by atoms with E-state index in [2.05, 4.69) is 0 Å². The Balaban J connectivity index is 1.86. The second-order valence-corrected chi connectivity index (χ2v) is 5.09. The monoisotopic (exact) mass is 275 g/mol. The van der Waals surface area contributed by atoms with E-state index in [1.807, 2.05) is 31.2 Å². The van der Waals surface area contributed by atoms with Gasteiger partial charge in [0.25, 0.3) is 5.91 Å². The molecule has 5 heteroatoms. The van der Waals surface area contributed by atoms with Gasteiger partial charge in [-0.1, -0.05) is 18.2 Å². The fourth-order valence-electron chi connectivity index (χ4n) is 2.44. The lowest BCUT2D eigenvalue weighted by Gasteiger charge is -2.36. The van der Waals surface area contributed by atoms with Crippen molar-refractivity contribution in [1.29, 1.82) is 0 Å². The number of para-hydroxylation sites is 1. The fraction of sp³-hybridized carbons (Fsp3) is 0.400. The average molecular weight is 275 g/mol. The molecule has 0 aliphatic carbocycles. The minimum absolute atomic E-state index is 0.0292. The number of carbonyl (C=O) groups is 1. The van der Waals surface area contributed by atoms with Crippen molar-refractivity contribution in [2.45, 2.75) is 19.1 Å². The predicted molar refractivity (Wildman–Crippen MR) is 73.5 cm³/mol. The Hall–Kier alpha value is -1.85. The second-order valence-electron chi connectivity index (χ2n) is 5.09. The highest BCUT2D eigenvalue weighted by molar-refractivity contribution is 5.96. The number of carbonyl (C=O) groups excluding carboxylic acids is 1. The average Bonchev–Trinajstić information content (AvgIpc) is 2.91. The summed E-state index contributed by atoms with van der Waals surface area (Å²) < 4.78 is 11.0. The van der Waals surface area contributed by atoms with Crippen LogP contribution in [0.3, 0.4) is 0 Å². The lowest BCUT2D eigenvalue weighted by molar-refractivity contribution is -0.0673. The Morgan fingerprint density at radius 2 is 2.25 bits per heavy atom. The van der Waals surface area contributed by atoms with Crippen molar-refractivity contribution < 1.29 is 19.1 Å². The van der Waals surface area contributed by atoms with Gasteiger partial charge in [-0.05, 0) is 19.1 Å². The number of nitrogens with zero attached hydrogens (tertiary/aromatic N) is 1. The van der Waals surface area contributed by atoms with Crippen LogP contribution >= 0.6 is 0 Å². The first-order chi connectivity index (χ1) is 9.69. The number of aliphatic hydroxyl groups excluding tert-OH is 1. The molecule has 0 spiro atoms. The van der Waals surface area contributed by atoms with Crippen LogP contribution < -0.4 is 0 Å². The molecule has 1 aliphatic heterocycles. The standard InChI is InChI=1S/C15H17NO4/c1-10-9-19-12(8-17)7-16(10)15(18)14-6-11-4-2-3-5-13(11)20-14/h2-6,10,12,17H,7-9H2,1H3. The summed E-state index contributed by atoms with van der Waals surface area (Å²) in [7, 11) is 0. The zero-order valence-electron chi connectivity index (χ0n) is 11.3. The SMILES string of the molecule is CC1COC(CO)CN1C(=O)c1cc2ccccc2o1. The van der Waals surface area contributed by atoms with E-state index in [9.17, 15) is 9.90 Å². The summed E-state index contributed by atoms with van der Waals surface area (Å²) >= 11 is 0. The van der Waals surface area contributed by atoms with Gasteiger partial charge in [-0.15, -0.1) is 0 Å². The Bertz CT molecular complexity index is 588. The molecule has 20 heavy (non-hydrogen) atoms. The van der Waals surface area contributed by atoms with Crippen molar-refractivity contribution in [3.63, 3.8) is 0 Å². The third-order valence-corrected chi connectivity index (χ3v) is 3.61. The summed E-state index contributed by atoms with van der Waals surface area (Å²) in [5.74, 6) is 0.173. The van der Waals surface area contributed by atoms with Crippen molar-refractivity contribution in [2.75, 3.05) is 19.8 Å². The maximum atomic E-state index is 12.5. The Morgan fingerprint density at radius 1 is 1.45 bits per heavy atom. The minimum Gasteiger partial charge on any atom is -0.451 e. The van der Waals surface area contributed by atoms with E-state index < -0.39 is 0 Å². The minimum atomic E-state index is -0.320. The van der Waals surface area contributed by atoms with Crippen LogP contribution in [0.2, 0.25) is 0 Å². The zero-order chi connectivity index (χ0) is 14.1. The van der Waals surface area contributed by atoms with Crippen LogP contribution in [0.25, 0.3) is 11.0 Å². The fourth-order valence-corrected chi connectivity index (χ4v) is 2.44. The molecule has 5 nitrogen and oxygen atoms in total. The number of ether oxygens (including phenoxy) is 1. The molecule has 2 aromatic rings. The van der Waals surface area contributed by atoms with E-state index in [1.165, 1.54) is 0 Å². The van der Waals surface area contributed by atoms with Crippen LogP contribution in [0, 0.1) is 0 Å². The summed E-state index contributed by atoms with van der Waals surface area (Å²) in [6.45, 7) is 2.65. The molecule has 1 N–H and O–H groups in total. The first-order valence-electron chi connectivity index (χ1n) is 6.71. The molecule has 0 radical (unpaired) electrons. The number of furan rings is 1. The van der Waals surface area contributed by atoms with Crippen molar-refractivity contribution in [2.24, 2.45) is 0 Å². The van der Waals surface area contributed by atoms with E-state index in [0.717, 1.165) is 5.39 Å². The summed E-state index contributed by atoms with van der Waals surface area (Å²) in [6, 6.07) is 9.26. The predicted octanol–water partition coefficient (Wildman–Crippen LogP) is 1.65. The van der Waals surface area contributed by atoms with Gasteiger partial charge >= 0.3 is 0 Å². The highest BCUT2D eigenvalue weighted by Crippen LogP contribution is 2.22. The van der Waals surface area contributed by atoms with Gasteiger partial charge in [0.15, 0.2) is 5.76 Å². The van der Waals surface area contributed by atoms with Crippen LogP contribution in [-0.4, -0.2) is 47.8 Å². The Labute approximate surface area is 116 Å². The van der Waals surface area contributed by atoms with E-state index in [0.29, 0.717) is 24.5 Å². The number of amides is 1. The Morgan fingerprint density at radius 3 is 3.00 bits per heavy atom. The molecule has 1 aromatic heterocycles. The zero-order valence-corrected chi connectivity index (χ0v) is 11.3. The van der Waals surface area contributed by atoms with Gasteiger partial charge < -0.3 is 19.2 Å². The lowest BCUT2D eigenvalue weighted by atomic mass is 10.2. The molecule has 1 aromatic carbocycles. The summed E-state index contributed by atoms with van der Waals surface area (Å²) in [6.07, 6.45) is -0.320. The highest BCUT2D eigenvalue weighted by Gasteiger charge is 2.31. The molecular weight excluding hydrogens is 258 g/mol. The molecule has 1 aliphatic rings. The molecule has 0 saturated carbocycles. The van der Waals surface area contributed by atoms with Gasteiger partial charge in [0, 0.05) is 11.9 Å². The van der Waals surface area contributed by atoms with E-state index in [-0.39, 0.29) is 24.7 Å². The Kier molecular flexibility index (Phi) is 3.46. The topological polar surface area (TPSA) is 62.9 Å². The summed E-state index contributed by atoms with van der Waals surface area (Å²) in [5, 5.41) is 10.1. The first-order valence-corrected chi connectivity index (χ1v) is 6.71. The second kappa shape index (κ2) is 5.26. The smallest absolute Gasteiger partial charge is 0.290 e. The number of morpholine rings is 1. The third kappa shape index (κ3) is 2.30. The van der Waals surface area contributed by atoms with Gasteiger partial charge in [-0.25, -0.2) is 0 Å². The van der Waals surface area contributed by atoms with Crippen molar-refractivity contribution in [1.82, 2.24) is 4.90 Å². The van der Waals surface area contributed by atoms with Gasteiger partial charge in [-0.3, -0.25) is 4.79 Å². The number of rotatable bonds is 2. The lowest BCUT2D eigenvalue weighted by Crippen LogP contribution is -2.51. The number of hydrogen-bond donors (Lipinski definition) is 1. The van der Waals surface area contributed by atoms with Crippen molar-refractivity contribution in [3.8, 4) is 0 Å². The number of benzene rings is 1. The van der Waals surface area contributed by atoms with Gasteiger partial charge in [-0.2, -0.15) is 0 Å². The molecule has 3 rings (SSSR count). The van der Waals surface area contributed by atoms with E-state index >= 15 is 0 Å². The maximum Gasteiger partial charge on any atom is 0.290 e. The molecule has 2 unspecified atom stereocenters. The molecule has 1 fully saturated rings. The number of aliphatic hydroxyl groups is 1. The van der Waals surface area contributed by atoms with Crippen molar-refractivity contribution >= 4 is 16.9 Å². The molecule has 106 valence electrons. The number of hydrogen-bond acceptors (Lipinski definition) is 4. The summed E-state index contributed by atoms with van der Waals surface area (Å²) in [5.41, 5.74) is 0.704. The van der Waals surface area contributed by atoms with Crippen LogP contribution in [-0.2, 0) is 4.74 Å². The highest BCUT2D eigenvalue weighted by atomic mass is 16.5. The first kappa shape index (κ1) is 13.1. The van der Waals surface area contributed by atoms with E-state index in [1.54, 1.807) is 11.0 Å². The quantitative estimate of drug-likeness (QED) is 0.905. The summed E-state index contributed by atoms with van der Waals surface area (Å²) in [4.78, 5) is 14.2. The van der Waals surface area contributed by atoms with E-state index in [4.69, 9.17) is 9.15 Å². The molecule has 2 atom stereocenters. The third-order valence-electron chi connectivity index (χ3n) is 3.61. The van der Waals surface area contributed by atoms with Crippen LogP contribution in [0.5, 0.6) is 0 Å². The number of fused-ring (bicyclic) bond motifs is 1. The van der Waals surface area contributed by atoms with Gasteiger partial charge in [0.1, 0.15) is 5.58 Å². The van der Waals surface area contributed by atoms with Crippen molar-refractivity contribution in [3.05, 3.63) is 36.1 Å². The van der Waals surface area contributed by atoms with Crippen LogP contribution in [0.4, 0.5) is 0 Å². The molecule has 1 amide bonds. The van der Waals surface area contributed by atoms with Crippen LogP contribution in [0.1, 0.15) is 17.5 Å². The largest absolute Gasteiger partial charge is 0.451 e. The van der Waals surface area contributed by atoms with Gasteiger partial charge in [0.2, 0.25) is 0 Å².